The molecule has 0 spiro atoms. The van der Waals surface area contributed by atoms with Crippen molar-refractivity contribution < 1.29 is 9.59 Å². The van der Waals surface area contributed by atoms with Gasteiger partial charge < -0.3 is 15.6 Å². The molecule has 5 heteroatoms. The molecule has 1 saturated heterocycles. The molecule has 1 aromatic rings. The molecule has 2 aliphatic rings. The topological polar surface area (TPSA) is 79.2 Å². The number of carbonyl (C=O) groups is 2. The highest BCUT2D eigenvalue weighted by atomic mass is 16.2. The molecule has 1 aromatic heterocycles. The Morgan fingerprint density at radius 1 is 1.36 bits per heavy atom. The highest BCUT2D eigenvalue weighted by Crippen LogP contribution is 2.31. The Morgan fingerprint density at radius 2 is 2.09 bits per heavy atom. The van der Waals surface area contributed by atoms with Crippen LogP contribution in [0.1, 0.15) is 65.2 Å². The van der Waals surface area contributed by atoms with Crippen molar-refractivity contribution in [2.24, 2.45) is 11.1 Å². The van der Waals surface area contributed by atoms with E-state index in [1.807, 2.05) is 11.8 Å². The SMILES string of the molecule is Cc1c(C(=O)N2CCC(N)C(C)(C)C2)[nH]c2c1C(=O)CCC2. The number of ketones is 1. The summed E-state index contributed by atoms with van der Waals surface area (Å²) < 4.78 is 0. The number of likely N-dealkylation sites (tertiary alicyclic amines) is 1. The average molecular weight is 303 g/mol. The van der Waals surface area contributed by atoms with Crippen LogP contribution in [0, 0.1) is 12.3 Å². The molecule has 1 aliphatic carbocycles. The summed E-state index contributed by atoms with van der Waals surface area (Å²) in [4.78, 5) is 30.1. The number of piperidine rings is 1. The summed E-state index contributed by atoms with van der Waals surface area (Å²) in [7, 11) is 0. The molecule has 0 radical (unpaired) electrons. The van der Waals surface area contributed by atoms with Gasteiger partial charge in [-0.3, -0.25) is 9.59 Å². The summed E-state index contributed by atoms with van der Waals surface area (Å²) in [5.41, 5.74) is 9.17. The second-order valence-electron chi connectivity index (χ2n) is 7.37. The van der Waals surface area contributed by atoms with Crippen LogP contribution in [0.25, 0.3) is 0 Å². The maximum Gasteiger partial charge on any atom is 0.270 e. The number of Topliss-reactive ketones (excluding diaryl/α,β-unsaturated/α-hetero) is 1. The van der Waals surface area contributed by atoms with Crippen LogP contribution in [0.5, 0.6) is 0 Å². The first-order valence-electron chi connectivity index (χ1n) is 8.11. The van der Waals surface area contributed by atoms with E-state index in [9.17, 15) is 9.59 Å². The number of aryl methyl sites for hydroxylation is 1. The molecule has 1 atom stereocenters. The second-order valence-corrected chi connectivity index (χ2v) is 7.37. The monoisotopic (exact) mass is 303 g/mol. The van der Waals surface area contributed by atoms with Crippen molar-refractivity contribution in [3.8, 4) is 0 Å². The van der Waals surface area contributed by atoms with Gasteiger partial charge in [-0.1, -0.05) is 13.8 Å². The van der Waals surface area contributed by atoms with Gasteiger partial charge in [-0.2, -0.15) is 0 Å². The van der Waals surface area contributed by atoms with Crippen molar-refractivity contribution >= 4 is 11.7 Å². The fourth-order valence-electron chi connectivity index (χ4n) is 3.69. The van der Waals surface area contributed by atoms with Crippen molar-refractivity contribution in [1.29, 1.82) is 0 Å². The van der Waals surface area contributed by atoms with Crippen LogP contribution in [0.3, 0.4) is 0 Å². The zero-order valence-corrected chi connectivity index (χ0v) is 13.7. The van der Waals surface area contributed by atoms with Crippen LogP contribution in [0.2, 0.25) is 0 Å². The van der Waals surface area contributed by atoms with Crippen molar-refractivity contribution in [3.63, 3.8) is 0 Å². The van der Waals surface area contributed by atoms with Gasteiger partial charge in [-0.25, -0.2) is 0 Å². The zero-order chi connectivity index (χ0) is 16.1. The highest BCUT2D eigenvalue weighted by Gasteiger charge is 2.37. The van der Waals surface area contributed by atoms with Gasteiger partial charge in [-0.05, 0) is 37.2 Å². The third-order valence-corrected chi connectivity index (χ3v) is 5.25. The first-order valence-corrected chi connectivity index (χ1v) is 8.11. The number of amides is 1. The quantitative estimate of drug-likeness (QED) is 0.833. The number of fused-ring (bicyclic) bond motifs is 1. The van der Waals surface area contributed by atoms with Gasteiger partial charge in [0.25, 0.3) is 5.91 Å². The molecule has 1 amide bonds. The Hall–Kier alpha value is -1.62. The van der Waals surface area contributed by atoms with Crippen molar-refractivity contribution in [2.75, 3.05) is 13.1 Å². The Balaban J connectivity index is 1.89. The van der Waals surface area contributed by atoms with E-state index in [4.69, 9.17) is 5.73 Å². The Kier molecular flexibility index (Phi) is 3.63. The van der Waals surface area contributed by atoms with Gasteiger partial charge in [0.15, 0.2) is 5.78 Å². The van der Waals surface area contributed by atoms with Crippen molar-refractivity contribution in [1.82, 2.24) is 9.88 Å². The molecular weight excluding hydrogens is 278 g/mol. The fraction of sp³-hybridized carbons (Fsp3) is 0.647. The molecule has 3 N–H and O–H groups in total. The van der Waals surface area contributed by atoms with Crippen LogP contribution in [0.15, 0.2) is 0 Å². The van der Waals surface area contributed by atoms with Crippen LogP contribution >= 0.6 is 0 Å². The molecular formula is C17H25N3O2. The third-order valence-electron chi connectivity index (χ3n) is 5.25. The summed E-state index contributed by atoms with van der Waals surface area (Å²) in [5, 5.41) is 0. The maximum atomic E-state index is 12.9. The highest BCUT2D eigenvalue weighted by molar-refractivity contribution is 6.04. The van der Waals surface area contributed by atoms with E-state index >= 15 is 0 Å². The van der Waals surface area contributed by atoms with Gasteiger partial charge >= 0.3 is 0 Å². The summed E-state index contributed by atoms with van der Waals surface area (Å²) >= 11 is 0. The van der Waals surface area contributed by atoms with Crippen LogP contribution < -0.4 is 5.73 Å². The van der Waals surface area contributed by atoms with E-state index in [1.54, 1.807) is 0 Å². The van der Waals surface area contributed by atoms with Gasteiger partial charge in [0.05, 0.1) is 0 Å². The lowest BCUT2D eigenvalue weighted by atomic mass is 9.79. The Morgan fingerprint density at radius 3 is 2.73 bits per heavy atom. The lowest BCUT2D eigenvalue weighted by Crippen LogP contribution is -2.54. The largest absolute Gasteiger partial charge is 0.354 e. The molecule has 22 heavy (non-hydrogen) atoms. The number of nitrogens with one attached hydrogen (secondary N) is 1. The van der Waals surface area contributed by atoms with Crippen LogP contribution in [0.4, 0.5) is 0 Å². The van der Waals surface area contributed by atoms with E-state index in [-0.39, 0.29) is 23.1 Å². The minimum Gasteiger partial charge on any atom is -0.354 e. The summed E-state index contributed by atoms with van der Waals surface area (Å²) in [6.45, 7) is 7.43. The third kappa shape index (κ3) is 2.37. The summed E-state index contributed by atoms with van der Waals surface area (Å²) in [6, 6.07) is 0.121. The molecule has 1 aliphatic heterocycles. The molecule has 120 valence electrons. The van der Waals surface area contributed by atoms with Crippen molar-refractivity contribution in [2.45, 2.75) is 52.5 Å². The zero-order valence-electron chi connectivity index (χ0n) is 13.7. The number of hydrogen-bond acceptors (Lipinski definition) is 3. The molecule has 3 rings (SSSR count). The standard InChI is InChI=1S/C17H25N3O2/c1-10-14-11(5-4-6-12(14)21)19-15(10)16(22)20-8-7-13(18)17(2,3)9-20/h13,19H,4-9,18H2,1-3H3. The predicted molar refractivity (Wildman–Crippen MR) is 85.1 cm³/mol. The first kappa shape index (κ1) is 15.3. The van der Waals surface area contributed by atoms with Crippen LogP contribution in [-0.4, -0.2) is 40.7 Å². The van der Waals surface area contributed by atoms with Gasteiger partial charge in [-0.15, -0.1) is 0 Å². The minimum absolute atomic E-state index is 0.000301. The average Bonchev–Trinajstić information content (AvgIpc) is 2.79. The second kappa shape index (κ2) is 5.23. The van der Waals surface area contributed by atoms with E-state index in [1.165, 1.54) is 0 Å². The summed E-state index contributed by atoms with van der Waals surface area (Å²) in [6.07, 6.45) is 3.12. The van der Waals surface area contributed by atoms with Gasteiger partial charge in [0.1, 0.15) is 5.69 Å². The number of H-pyrrole nitrogens is 1. The number of rotatable bonds is 1. The molecule has 1 fully saturated rings. The van der Waals surface area contributed by atoms with Gasteiger partial charge in [0.2, 0.25) is 0 Å². The van der Waals surface area contributed by atoms with Crippen LogP contribution in [-0.2, 0) is 6.42 Å². The Bertz CT molecular complexity index is 630. The molecule has 0 saturated carbocycles. The molecule has 5 nitrogen and oxygen atoms in total. The molecule has 0 bridgehead atoms. The number of aromatic amines is 1. The van der Waals surface area contributed by atoms with E-state index in [0.29, 0.717) is 25.2 Å². The lowest BCUT2D eigenvalue weighted by molar-refractivity contribution is 0.0527. The predicted octanol–water partition coefficient (Wildman–Crippen LogP) is 2.04. The van der Waals surface area contributed by atoms with E-state index in [2.05, 4.69) is 18.8 Å². The Labute approximate surface area is 131 Å². The number of nitrogens with two attached hydrogens (primary N) is 1. The number of nitrogens with zero attached hydrogens (tertiary/aromatic N) is 1. The summed E-state index contributed by atoms with van der Waals surface area (Å²) in [5.74, 6) is 0.162. The van der Waals surface area contributed by atoms with E-state index in [0.717, 1.165) is 36.1 Å². The number of aromatic nitrogens is 1. The normalized spacial score (nSPS) is 24.3. The smallest absolute Gasteiger partial charge is 0.270 e. The molecule has 2 heterocycles. The lowest BCUT2D eigenvalue weighted by Gasteiger charge is -2.42. The van der Waals surface area contributed by atoms with E-state index < -0.39 is 0 Å². The van der Waals surface area contributed by atoms with Gasteiger partial charge in [0, 0.05) is 36.8 Å². The molecule has 0 aromatic carbocycles. The minimum atomic E-state index is -0.0795. The number of hydrogen-bond donors (Lipinski definition) is 2. The maximum absolute atomic E-state index is 12.9. The number of carbonyl (C=O) groups excluding carboxylic acids is 2. The first-order chi connectivity index (χ1) is 10.3. The van der Waals surface area contributed by atoms with Crippen molar-refractivity contribution in [3.05, 3.63) is 22.5 Å². The fourth-order valence-corrected chi connectivity index (χ4v) is 3.69. The molecule has 1 unspecified atom stereocenters.